The van der Waals surface area contributed by atoms with E-state index in [1.165, 1.54) is 5.38 Å². The van der Waals surface area contributed by atoms with E-state index in [-0.39, 0.29) is 16.5 Å². The summed E-state index contributed by atoms with van der Waals surface area (Å²) in [5, 5.41) is 11.7. The molecule has 0 bridgehead atoms. The molecule has 1 rings (SSSR count). The lowest BCUT2D eigenvalue weighted by molar-refractivity contribution is -0.167. The lowest BCUT2D eigenvalue weighted by Crippen LogP contribution is -2.30. The number of nitrogens with one attached hydrogen (secondary N) is 1. The van der Waals surface area contributed by atoms with Gasteiger partial charge in [0, 0.05) is 0 Å². The molecule has 0 radical (unpaired) electrons. The van der Waals surface area contributed by atoms with Gasteiger partial charge < -0.3 is 10.4 Å². The number of alkyl halides is 3. The van der Waals surface area contributed by atoms with Crippen LogP contribution in [0.25, 0.3) is 0 Å². The maximum absolute atomic E-state index is 12.1. The van der Waals surface area contributed by atoms with Crippen molar-refractivity contribution in [2.45, 2.75) is 25.9 Å². The Morgan fingerprint density at radius 3 is 2.33 bits per heavy atom. The topological polar surface area (TPSA) is 66.4 Å². The number of carboxylic acids is 1. The molecule has 0 aromatic carbocycles. The first-order valence-electron chi connectivity index (χ1n) is 4.87. The highest BCUT2D eigenvalue weighted by Crippen LogP contribution is 2.33. The van der Waals surface area contributed by atoms with E-state index in [0.717, 1.165) is 11.3 Å². The maximum Gasteiger partial charge on any atom is 0.471 e. The minimum Gasteiger partial charge on any atom is -0.478 e. The van der Waals surface area contributed by atoms with Crippen molar-refractivity contribution in [1.29, 1.82) is 0 Å². The Hall–Kier alpha value is -1.57. The molecule has 0 aliphatic rings. The van der Waals surface area contributed by atoms with Gasteiger partial charge in [0.2, 0.25) is 0 Å². The molecule has 4 nitrogen and oxygen atoms in total. The van der Waals surface area contributed by atoms with Crippen LogP contribution in [0.15, 0.2) is 5.38 Å². The van der Waals surface area contributed by atoms with Crippen LogP contribution < -0.4 is 5.32 Å². The summed E-state index contributed by atoms with van der Waals surface area (Å²) < 4.78 is 36.2. The molecule has 18 heavy (non-hydrogen) atoms. The number of carbonyl (C=O) groups excluding carboxylic acids is 1. The van der Waals surface area contributed by atoms with Crippen molar-refractivity contribution in [2.24, 2.45) is 0 Å². The van der Waals surface area contributed by atoms with E-state index in [0.29, 0.717) is 5.56 Å². The van der Waals surface area contributed by atoms with Crippen LogP contribution in [0.5, 0.6) is 0 Å². The van der Waals surface area contributed by atoms with Crippen molar-refractivity contribution >= 4 is 28.2 Å². The fourth-order valence-corrected chi connectivity index (χ4v) is 2.39. The van der Waals surface area contributed by atoms with Gasteiger partial charge in [0.05, 0.1) is 5.56 Å². The summed E-state index contributed by atoms with van der Waals surface area (Å²) in [6.07, 6.45) is -5.04. The molecule has 0 aliphatic heterocycles. The Balaban J connectivity index is 3.11. The quantitative estimate of drug-likeness (QED) is 0.894. The predicted octanol–water partition coefficient (Wildman–Crippen LogP) is 3.07. The van der Waals surface area contributed by atoms with Gasteiger partial charge in [-0.25, -0.2) is 4.79 Å². The van der Waals surface area contributed by atoms with Crippen LogP contribution in [0.4, 0.5) is 18.2 Å². The molecule has 0 saturated heterocycles. The summed E-state index contributed by atoms with van der Waals surface area (Å²) in [7, 11) is 0. The molecule has 0 saturated carbocycles. The Labute approximate surface area is 104 Å². The second-order valence-corrected chi connectivity index (χ2v) is 4.69. The average Bonchev–Trinajstić information content (AvgIpc) is 2.59. The van der Waals surface area contributed by atoms with Gasteiger partial charge in [-0.15, -0.1) is 11.3 Å². The molecule has 100 valence electrons. The lowest BCUT2D eigenvalue weighted by Gasteiger charge is -2.08. The van der Waals surface area contributed by atoms with E-state index in [9.17, 15) is 22.8 Å². The minimum atomic E-state index is -5.04. The van der Waals surface area contributed by atoms with Crippen molar-refractivity contribution in [3.8, 4) is 0 Å². The van der Waals surface area contributed by atoms with E-state index < -0.39 is 18.1 Å². The van der Waals surface area contributed by atoms with Gasteiger partial charge in [-0.1, -0.05) is 13.8 Å². The second kappa shape index (κ2) is 4.97. The fraction of sp³-hybridized carbons (Fsp3) is 0.400. The monoisotopic (exact) mass is 281 g/mol. The van der Waals surface area contributed by atoms with Gasteiger partial charge in [-0.2, -0.15) is 13.2 Å². The first-order valence-corrected chi connectivity index (χ1v) is 5.75. The zero-order chi connectivity index (χ0) is 14.1. The summed E-state index contributed by atoms with van der Waals surface area (Å²) in [5.41, 5.74) is 0.109. The van der Waals surface area contributed by atoms with Gasteiger partial charge >= 0.3 is 18.1 Å². The predicted molar refractivity (Wildman–Crippen MR) is 60.1 cm³/mol. The van der Waals surface area contributed by atoms with Gasteiger partial charge in [0.15, 0.2) is 0 Å². The number of amides is 1. The van der Waals surface area contributed by atoms with Gasteiger partial charge in [0.25, 0.3) is 0 Å². The molecule has 2 N–H and O–H groups in total. The Morgan fingerprint density at radius 2 is 1.94 bits per heavy atom. The fourth-order valence-electron chi connectivity index (χ4n) is 1.28. The normalized spacial score (nSPS) is 11.7. The Kier molecular flexibility index (Phi) is 4.00. The third kappa shape index (κ3) is 3.00. The molecule has 1 aromatic heterocycles. The third-order valence-electron chi connectivity index (χ3n) is 2.14. The maximum atomic E-state index is 12.1. The first kappa shape index (κ1) is 14.5. The standard InChI is InChI=1S/C10H10F3NO3S/c1-4(2)5-3-18-7(6(5)8(15)16)14-9(17)10(11,12)13/h3-4H,1-2H3,(H,14,17)(H,15,16). The number of thiophene rings is 1. The number of aromatic carboxylic acids is 1. The number of carbonyl (C=O) groups is 2. The number of halogens is 3. The van der Waals surface area contributed by atoms with E-state index in [2.05, 4.69) is 0 Å². The van der Waals surface area contributed by atoms with Gasteiger partial charge in [-0.05, 0) is 16.9 Å². The van der Waals surface area contributed by atoms with Crippen LogP contribution in [0.2, 0.25) is 0 Å². The van der Waals surface area contributed by atoms with E-state index >= 15 is 0 Å². The number of carboxylic acid groups (broad SMARTS) is 1. The Bertz CT molecular complexity index is 479. The molecular formula is C10H10F3NO3S. The largest absolute Gasteiger partial charge is 0.478 e. The van der Waals surface area contributed by atoms with E-state index in [4.69, 9.17) is 5.11 Å². The molecular weight excluding hydrogens is 271 g/mol. The Morgan fingerprint density at radius 1 is 1.39 bits per heavy atom. The zero-order valence-corrected chi connectivity index (χ0v) is 10.3. The molecule has 8 heteroatoms. The molecule has 0 spiro atoms. The lowest BCUT2D eigenvalue weighted by atomic mass is 10.0. The van der Waals surface area contributed by atoms with E-state index in [1.54, 1.807) is 19.2 Å². The van der Waals surface area contributed by atoms with Crippen LogP contribution >= 0.6 is 11.3 Å². The van der Waals surface area contributed by atoms with Crippen LogP contribution in [0.1, 0.15) is 35.7 Å². The average molecular weight is 281 g/mol. The van der Waals surface area contributed by atoms with Gasteiger partial charge in [0.1, 0.15) is 5.00 Å². The molecule has 0 atom stereocenters. The number of hydrogen-bond donors (Lipinski definition) is 2. The van der Waals surface area contributed by atoms with Crippen LogP contribution in [0.3, 0.4) is 0 Å². The van der Waals surface area contributed by atoms with Crippen molar-refractivity contribution in [2.75, 3.05) is 5.32 Å². The number of rotatable bonds is 3. The zero-order valence-electron chi connectivity index (χ0n) is 9.46. The molecule has 0 fully saturated rings. The minimum absolute atomic E-state index is 0.163. The second-order valence-electron chi connectivity index (χ2n) is 3.81. The number of hydrogen-bond acceptors (Lipinski definition) is 3. The summed E-state index contributed by atoms with van der Waals surface area (Å²) >= 11 is 0.764. The smallest absolute Gasteiger partial charge is 0.471 e. The van der Waals surface area contributed by atoms with Crippen LogP contribution in [-0.2, 0) is 4.79 Å². The molecule has 1 heterocycles. The van der Waals surface area contributed by atoms with Crippen molar-refractivity contribution in [3.05, 3.63) is 16.5 Å². The summed E-state index contributed by atoms with van der Waals surface area (Å²) in [4.78, 5) is 21.8. The molecule has 0 aliphatic carbocycles. The van der Waals surface area contributed by atoms with Gasteiger partial charge in [-0.3, -0.25) is 4.79 Å². The van der Waals surface area contributed by atoms with E-state index in [1.807, 2.05) is 0 Å². The van der Waals surface area contributed by atoms with Crippen molar-refractivity contribution in [3.63, 3.8) is 0 Å². The van der Waals surface area contributed by atoms with Crippen molar-refractivity contribution in [1.82, 2.24) is 0 Å². The SMILES string of the molecule is CC(C)c1csc(NC(=O)C(F)(F)F)c1C(=O)O. The molecule has 1 amide bonds. The summed E-state index contributed by atoms with van der Waals surface area (Å²) in [6, 6.07) is 0. The molecule has 0 unspecified atom stereocenters. The highest BCUT2D eigenvalue weighted by atomic mass is 32.1. The highest BCUT2D eigenvalue weighted by Gasteiger charge is 2.39. The third-order valence-corrected chi connectivity index (χ3v) is 3.05. The van der Waals surface area contributed by atoms with Crippen molar-refractivity contribution < 1.29 is 27.9 Å². The number of anilines is 1. The first-order chi connectivity index (χ1) is 8.14. The van der Waals surface area contributed by atoms with Crippen LogP contribution in [-0.4, -0.2) is 23.2 Å². The summed E-state index contributed by atoms with van der Waals surface area (Å²) in [6.45, 7) is 3.42. The summed E-state index contributed by atoms with van der Waals surface area (Å²) in [5.74, 6) is -3.71. The van der Waals surface area contributed by atoms with Crippen LogP contribution in [0, 0.1) is 0 Å². The molecule has 1 aromatic rings. The highest BCUT2D eigenvalue weighted by molar-refractivity contribution is 7.15.